The number of unbranched alkanes of at least 4 members (excludes halogenated alkanes) is 14. The summed E-state index contributed by atoms with van der Waals surface area (Å²) in [6.07, 6.45) is 28.5. The van der Waals surface area contributed by atoms with Crippen LogP contribution in [0.5, 0.6) is 0 Å². The highest BCUT2D eigenvalue weighted by molar-refractivity contribution is 5.14. The topological polar surface area (TPSA) is 29.5 Å². The lowest BCUT2D eigenvalue weighted by atomic mass is 9.85. The third-order valence-electron chi connectivity index (χ3n) is 7.36. The van der Waals surface area contributed by atoms with E-state index >= 15 is 0 Å². The molecule has 2 atom stereocenters. The Kier molecular flexibility index (Phi) is 18.5. The predicted octanol–water partition coefficient (Wildman–Crippen LogP) is 9.50. The van der Waals surface area contributed by atoms with Gasteiger partial charge >= 0.3 is 0 Å². The molecule has 0 fully saturated rings. The van der Waals surface area contributed by atoms with E-state index in [-0.39, 0.29) is 6.10 Å². The molecule has 0 aromatic rings. The Hall–Kier alpha value is -0.500. The highest BCUT2D eigenvalue weighted by atomic mass is 16.5. The summed E-state index contributed by atoms with van der Waals surface area (Å²) in [5.41, 5.74) is 1.61. The van der Waals surface area contributed by atoms with Gasteiger partial charge in [-0.25, -0.2) is 0 Å². The fourth-order valence-corrected chi connectivity index (χ4v) is 5.21. The molecule has 0 aliphatic heterocycles. The van der Waals surface area contributed by atoms with Crippen LogP contribution in [0.2, 0.25) is 0 Å². The van der Waals surface area contributed by atoms with E-state index in [4.69, 9.17) is 4.74 Å². The average Bonchev–Trinajstić information content (AvgIpc) is 2.77. The smallest absolute Gasteiger partial charge is 0.0950 e. The van der Waals surface area contributed by atoms with Gasteiger partial charge in [0.1, 0.15) is 0 Å². The predicted molar refractivity (Wildman–Crippen MR) is 136 cm³/mol. The number of ether oxygens (including phenoxy) is 1. The van der Waals surface area contributed by atoms with Crippen LogP contribution in [0.15, 0.2) is 11.3 Å². The van der Waals surface area contributed by atoms with Gasteiger partial charge in [0.05, 0.1) is 19.0 Å². The summed E-state index contributed by atoms with van der Waals surface area (Å²) in [5, 5.41) is 10.2. The van der Waals surface area contributed by atoms with E-state index in [1.807, 2.05) is 7.11 Å². The minimum absolute atomic E-state index is 0.0507. The van der Waals surface area contributed by atoms with Crippen molar-refractivity contribution in [2.45, 2.75) is 161 Å². The number of methoxy groups -OCH3 is 1. The van der Waals surface area contributed by atoms with Crippen molar-refractivity contribution in [2.75, 3.05) is 7.11 Å². The third kappa shape index (κ3) is 15.1. The minimum atomic E-state index is -0.0507. The van der Waals surface area contributed by atoms with Crippen molar-refractivity contribution in [1.82, 2.24) is 0 Å². The van der Waals surface area contributed by atoms with Gasteiger partial charge in [-0.2, -0.15) is 0 Å². The molecule has 2 unspecified atom stereocenters. The fourth-order valence-electron chi connectivity index (χ4n) is 5.21. The standard InChI is InChI=1S/C29H56O2/c1-4-5-6-7-8-9-11-14-17-22-27(30)23-18-15-12-10-13-16-19-24-28-26(2)21-20-25-29(28)31-3/h26-27,30H,4-25H2,1-3H3. The summed E-state index contributed by atoms with van der Waals surface area (Å²) in [6.45, 7) is 4.65. The molecule has 1 rings (SSSR count). The molecule has 1 N–H and O–H groups in total. The van der Waals surface area contributed by atoms with Crippen molar-refractivity contribution in [1.29, 1.82) is 0 Å². The van der Waals surface area contributed by atoms with Crippen LogP contribution in [0.25, 0.3) is 0 Å². The lowest BCUT2D eigenvalue weighted by molar-refractivity contribution is 0.147. The van der Waals surface area contributed by atoms with Crippen molar-refractivity contribution < 1.29 is 9.84 Å². The maximum atomic E-state index is 10.2. The van der Waals surface area contributed by atoms with Gasteiger partial charge in [-0.1, -0.05) is 110 Å². The van der Waals surface area contributed by atoms with E-state index < -0.39 is 0 Å². The van der Waals surface area contributed by atoms with E-state index in [0.717, 1.165) is 25.2 Å². The van der Waals surface area contributed by atoms with Gasteiger partial charge in [0, 0.05) is 6.42 Å². The summed E-state index contributed by atoms with van der Waals surface area (Å²) >= 11 is 0. The SMILES string of the molecule is CCCCCCCCCCCC(O)CCCCCCCCCC1=C(OC)CCCC1C. The zero-order chi connectivity index (χ0) is 22.6. The highest BCUT2D eigenvalue weighted by Crippen LogP contribution is 2.33. The fraction of sp³-hybridized carbons (Fsp3) is 0.931. The lowest BCUT2D eigenvalue weighted by Crippen LogP contribution is -2.10. The number of hydrogen-bond donors (Lipinski definition) is 1. The Morgan fingerprint density at radius 3 is 1.77 bits per heavy atom. The molecule has 184 valence electrons. The second kappa shape index (κ2) is 20.1. The van der Waals surface area contributed by atoms with Crippen LogP contribution in [0.4, 0.5) is 0 Å². The van der Waals surface area contributed by atoms with Crippen LogP contribution >= 0.6 is 0 Å². The minimum Gasteiger partial charge on any atom is -0.501 e. The van der Waals surface area contributed by atoms with Gasteiger partial charge in [0.15, 0.2) is 0 Å². The molecule has 0 radical (unpaired) electrons. The second-order valence-corrected chi connectivity index (χ2v) is 10.2. The van der Waals surface area contributed by atoms with Crippen molar-refractivity contribution >= 4 is 0 Å². The normalized spacial score (nSPS) is 17.9. The molecular weight excluding hydrogens is 380 g/mol. The van der Waals surface area contributed by atoms with Crippen molar-refractivity contribution in [3.63, 3.8) is 0 Å². The zero-order valence-electron chi connectivity index (χ0n) is 21.6. The maximum absolute atomic E-state index is 10.2. The summed E-state index contributed by atoms with van der Waals surface area (Å²) < 4.78 is 5.63. The highest BCUT2D eigenvalue weighted by Gasteiger charge is 2.19. The third-order valence-corrected chi connectivity index (χ3v) is 7.36. The molecule has 0 spiro atoms. The number of allylic oxidation sites excluding steroid dienone is 2. The second-order valence-electron chi connectivity index (χ2n) is 10.2. The lowest BCUT2D eigenvalue weighted by Gasteiger charge is -2.25. The summed E-state index contributed by atoms with van der Waals surface area (Å²) in [4.78, 5) is 0. The number of aliphatic hydroxyl groups is 1. The number of hydrogen-bond acceptors (Lipinski definition) is 2. The molecule has 0 aromatic heterocycles. The van der Waals surface area contributed by atoms with Gasteiger partial charge in [-0.05, 0) is 50.0 Å². The molecule has 0 amide bonds. The molecule has 1 aliphatic carbocycles. The Morgan fingerprint density at radius 2 is 1.26 bits per heavy atom. The van der Waals surface area contributed by atoms with E-state index in [1.54, 1.807) is 5.57 Å². The van der Waals surface area contributed by atoms with Gasteiger partial charge in [-0.15, -0.1) is 0 Å². The molecule has 2 nitrogen and oxygen atoms in total. The Balaban J connectivity index is 1.86. The number of aliphatic hydroxyl groups excluding tert-OH is 1. The molecular formula is C29H56O2. The van der Waals surface area contributed by atoms with E-state index in [0.29, 0.717) is 0 Å². The molecule has 0 aromatic carbocycles. The monoisotopic (exact) mass is 436 g/mol. The van der Waals surface area contributed by atoms with Crippen molar-refractivity contribution in [3.05, 3.63) is 11.3 Å². The van der Waals surface area contributed by atoms with Crippen LogP contribution in [0, 0.1) is 5.92 Å². The van der Waals surface area contributed by atoms with Gasteiger partial charge in [0.25, 0.3) is 0 Å². The molecule has 0 bridgehead atoms. The number of rotatable bonds is 21. The quantitative estimate of drug-likeness (QED) is 0.181. The average molecular weight is 437 g/mol. The molecule has 0 saturated heterocycles. The maximum Gasteiger partial charge on any atom is 0.0950 e. The first-order valence-electron chi connectivity index (χ1n) is 14.1. The van der Waals surface area contributed by atoms with E-state index in [1.165, 1.54) is 128 Å². The van der Waals surface area contributed by atoms with Gasteiger partial charge in [-0.3, -0.25) is 0 Å². The Labute approximate surface area is 195 Å². The van der Waals surface area contributed by atoms with Crippen molar-refractivity contribution in [2.24, 2.45) is 5.92 Å². The zero-order valence-corrected chi connectivity index (χ0v) is 21.6. The summed E-state index contributed by atoms with van der Waals surface area (Å²) in [6, 6.07) is 0. The summed E-state index contributed by atoms with van der Waals surface area (Å²) in [7, 11) is 1.85. The van der Waals surface area contributed by atoms with Crippen LogP contribution in [-0.4, -0.2) is 18.3 Å². The first-order chi connectivity index (χ1) is 15.2. The van der Waals surface area contributed by atoms with Crippen LogP contribution < -0.4 is 0 Å². The summed E-state index contributed by atoms with van der Waals surface area (Å²) in [5.74, 6) is 2.02. The van der Waals surface area contributed by atoms with E-state index in [9.17, 15) is 5.11 Å². The molecule has 0 saturated carbocycles. The van der Waals surface area contributed by atoms with Gasteiger partial charge in [0.2, 0.25) is 0 Å². The Bertz CT molecular complexity index is 428. The first kappa shape index (κ1) is 28.5. The molecule has 0 heterocycles. The molecule has 2 heteroatoms. The Morgan fingerprint density at radius 1 is 0.774 bits per heavy atom. The molecule has 1 aliphatic rings. The van der Waals surface area contributed by atoms with Gasteiger partial charge < -0.3 is 9.84 Å². The van der Waals surface area contributed by atoms with Crippen LogP contribution in [-0.2, 0) is 4.74 Å². The van der Waals surface area contributed by atoms with Crippen LogP contribution in [0.1, 0.15) is 155 Å². The van der Waals surface area contributed by atoms with Crippen molar-refractivity contribution in [3.8, 4) is 0 Å². The largest absolute Gasteiger partial charge is 0.501 e. The van der Waals surface area contributed by atoms with Crippen LogP contribution in [0.3, 0.4) is 0 Å². The van der Waals surface area contributed by atoms with E-state index in [2.05, 4.69) is 13.8 Å². The molecule has 31 heavy (non-hydrogen) atoms. The first-order valence-corrected chi connectivity index (χ1v) is 14.1.